The molecule has 0 bridgehead atoms. The van der Waals surface area contributed by atoms with E-state index in [1.165, 1.54) is 5.56 Å². The highest BCUT2D eigenvalue weighted by molar-refractivity contribution is 9.10. The van der Waals surface area contributed by atoms with Gasteiger partial charge in [0, 0.05) is 24.3 Å². The monoisotopic (exact) mass is 306 g/mol. The lowest BCUT2D eigenvalue weighted by molar-refractivity contribution is 0.414. The number of hydrogen-bond acceptors (Lipinski definition) is 3. The van der Waals surface area contributed by atoms with Crippen molar-refractivity contribution in [1.82, 2.24) is 4.98 Å². The number of nitrogens with zero attached hydrogens (tertiary/aromatic N) is 2. The number of aromatic nitrogens is 1. The molecule has 0 atom stereocenters. The Labute approximate surface area is 116 Å². The summed E-state index contributed by atoms with van der Waals surface area (Å²) in [6.07, 6.45) is 3.63. The van der Waals surface area contributed by atoms with Crippen LogP contribution in [0.15, 0.2) is 47.2 Å². The Morgan fingerprint density at radius 3 is 2.83 bits per heavy atom. The zero-order chi connectivity index (χ0) is 13.0. The molecule has 94 valence electrons. The third-order valence-electron chi connectivity index (χ3n) is 2.69. The Balaban J connectivity index is 2.13. The average Bonchev–Trinajstić information content (AvgIpc) is 2.39. The highest BCUT2D eigenvalue weighted by atomic mass is 79.9. The first-order valence-electron chi connectivity index (χ1n) is 5.63. The van der Waals surface area contributed by atoms with Gasteiger partial charge in [-0.2, -0.15) is 0 Å². The molecule has 2 aromatic rings. The molecule has 1 heterocycles. The van der Waals surface area contributed by atoms with Gasteiger partial charge in [0.05, 0.1) is 19.0 Å². The highest BCUT2D eigenvalue weighted by Gasteiger charge is 2.04. The summed E-state index contributed by atoms with van der Waals surface area (Å²) < 4.78 is 6.21. The van der Waals surface area contributed by atoms with Crippen molar-refractivity contribution in [3.8, 4) is 5.75 Å². The number of pyridine rings is 1. The lowest BCUT2D eigenvalue weighted by Crippen LogP contribution is -2.16. The molecule has 0 saturated heterocycles. The summed E-state index contributed by atoms with van der Waals surface area (Å²) in [5.41, 5.74) is 2.28. The van der Waals surface area contributed by atoms with E-state index in [4.69, 9.17) is 4.74 Å². The first-order chi connectivity index (χ1) is 8.69. The molecule has 0 fully saturated rings. The fourth-order valence-electron chi connectivity index (χ4n) is 1.75. The normalized spacial score (nSPS) is 10.2. The van der Waals surface area contributed by atoms with Gasteiger partial charge in [-0.1, -0.05) is 12.1 Å². The van der Waals surface area contributed by atoms with Gasteiger partial charge in [0.15, 0.2) is 0 Å². The number of hydrogen-bond donors (Lipinski definition) is 0. The molecule has 18 heavy (non-hydrogen) atoms. The molecule has 0 aliphatic carbocycles. The molecule has 0 unspecified atom stereocenters. The zero-order valence-electron chi connectivity index (χ0n) is 10.4. The summed E-state index contributed by atoms with van der Waals surface area (Å²) in [7, 11) is 3.73. The van der Waals surface area contributed by atoms with Crippen LogP contribution in [-0.2, 0) is 6.54 Å². The maximum absolute atomic E-state index is 5.22. The predicted octanol–water partition coefficient (Wildman–Crippen LogP) is 3.49. The largest absolute Gasteiger partial charge is 0.497 e. The third-order valence-corrected chi connectivity index (χ3v) is 3.12. The number of ether oxygens (including phenoxy) is 1. The van der Waals surface area contributed by atoms with Crippen molar-refractivity contribution < 1.29 is 4.74 Å². The second kappa shape index (κ2) is 5.87. The molecule has 2 rings (SSSR count). The van der Waals surface area contributed by atoms with Crippen molar-refractivity contribution in [3.63, 3.8) is 0 Å². The topological polar surface area (TPSA) is 25.4 Å². The minimum atomic E-state index is 0.815. The number of halogens is 1. The van der Waals surface area contributed by atoms with Gasteiger partial charge < -0.3 is 9.64 Å². The van der Waals surface area contributed by atoms with Crippen LogP contribution < -0.4 is 9.64 Å². The van der Waals surface area contributed by atoms with Crippen molar-refractivity contribution >= 4 is 21.6 Å². The first kappa shape index (κ1) is 12.9. The van der Waals surface area contributed by atoms with E-state index in [0.717, 1.165) is 22.5 Å². The smallest absolute Gasteiger partial charge is 0.119 e. The van der Waals surface area contributed by atoms with Crippen LogP contribution in [0.3, 0.4) is 0 Å². The predicted molar refractivity (Wildman–Crippen MR) is 77.0 cm³/mol. The van der Waals surface area contributed by atoms with Crippen molar-refractivity contribution in [3.05, 3.63) is 52.8 Å². The summed E-state index contributed by atoms with van der Waals surface area (Å²) in [6.45, 7) is 0.815. The van der Waals surface area contributed by atoms with E-state index in [1.54, 1.807) is 13.3 Å². The summed E-state index contributed by atoms with van der Waals surface area (Å²) in [5, 5.41) is 0. The van der Waals surface area contributed by atoms with Crippen LogP contribution in [0.1, 0.15) is 5.56 Å². The Morgan fingerprint density at radius 2 is 2.11 bits per heavy atom. The molecule has 3 nitrogen and oxygen atoms in total. The molecular weight excluding hydrogens is 292 g/mol. The fraction of sp³-hybridized carbons (Fsp3) is 0.214. The van der Waals surface area contributed by atoms with Crippen LogP contribution >= 0.6 is 15.9 Å². The summed E-state index contributed by atoms with van der Waals surface area (Å²) in [6, 6.07) is 10.1. The molecule has 0 aliphatic rings. The zero-order valence-corrected chi connectivity index (χ0v) is 12.0. The van der Waals surface area contributed by atoms with Gasteiger partial charge in [-0.25, -0.2) is 0 Å². The molecule has 0 aliphatic heterocycles. The lowest BCUT2D eigenvalue weighted by Gasteiger charge is -2.19. The molecule has 1 aromatic carbocycles. The lowest BCUT2D eigenvalue weighted by atomic mass is 10.2. The Morgan fingerprint density at radius 1 is 1.28 bits per heavy atom. The maximum Gasteiger partial charge on any atom is 0.119 e. The van der Waals surface area contributed by atoms with Crippen LogP contribution in [0.25, 0.3) is 0 Å². The molecule has 0 spiro atoms. The van der Waals surface area contributed by atoms with Crippen molar-refractivity contribution in [2.45, 2.75) is 6.54 Å². The van der Waals surface area contributed by atoms with Crippen molar-refractivity contribution in [1.29, 1.82) is 0 Å². The summed E-state index contributed by atoms with van der Waals surface area (Å²) in [4.78, 5) is 6.31. The summed E-state index contributed by atoms with van der Waals surface area (Å²) >= 11 is 3.43. The average molecular weight is 307 g/mol. The second-order valence-corrected chi connectivity index (χ2v) is 4.98. The molecule has 0 amide bonds. The minimum absolute atomic E-state index is 0.815. The van der Waals surface area contributed by atoms with E-state index in [2.05, 4.69) is 31.9 Å². The van der Waals surface area contributed by atoms with E-state index in [0.29, 0.717) is 0 Å². The van der Waals surface area contributed by atoms with E-state index in [1.807, 2.05) is 37.5 Å². The van der Waals surface area contributed by atoms with Gasteiger partial charge in [-0.3, -0.25) is 4.98 Å². The molecule has 1 aromatic heterocycles. The van der Waals surface area contributed by atoms with Gasteiger partial charge >= 0.3 is 0 Å². The molecule has 0 saturated carbocycles. The van der Waals surface area contributed by atoms with E-state index in [9.17, 15) is 0 Å². The van der Waals surface area contributed by atoms with Gasteiger partial charge in [0.1, 0.15) is 5.75 Å². The van der Waals surface area contributed by atoms with Gasteiger partial charge in [0.2, 0.25) is 0 Å². The van der Waals surface area contributed by atoms with Crippen LogP contribution in [0.2, 0.25) is 0 Å². The Bertz CT molecular complexity index is 531. The number of methoxy groups -OCH3 is 1. The third kappa shape index (κ3) is 3.23. The van der Waals surface area contributed by atoms with E-state index < -0.39 is 0 Å². The van der Waals surface area contributed by atoms with Crippen LogP contribution in [0, 0.1) is 0 Å². The fourth-order valence-corrected chi connectivity index (χ4v) is 2.10. The molecular formula is C14H15BrN2O. The maximum atomic E-state index is 5.22. The summed E-state index contributed by atoms with van der Waals surface area (Å²) in [5.74, 6) is 0.883. The molecule has 4 heteroatoms. The van der Waals surface area contributed by atoms with Crippen molar-refractivity contribution in [2.24, 2.45) is 0 Å². The van der Waals surface area contributed by atoms with Crippen LogP contribution in [-0.4, -0.2) is 19.1 Å². The highest BCUT2D eigenvalue weighted by Crippen LogP contribution is 2.20. The van der Waals surface area contributed by atoms with Crippen molar-refractivity contribution in [2.75, 3.05) is 19.1 Å². The minimum Gasteiger partial charge on any atom is -0.497 e. The number of benzene rings is 1. The Kier molecular flexibility index (Phi) is 4.20. The van der Waals surface area contributed by atoms with Gasteiger partial charge in [0.25, 0.3) is 0 Å². The van der Waals surface area contributed by atoms with Gasteiger partial charge in [-0.15, -0.1) is 0 Å². The Hall–Kier alpha value is -1.55. The quantitative estimate of drug-likeness (QED) is 0.864. The van der Waals surface area contributed by atoms with Crippen LogP contribution in [0.4, 0.5) is 5.69 Å². The van der Waals surface area contributed by atoms with E-state index >= 15 is 0 Å². The van der Waals surface area contributed by atoms with Crippen LogP contribution in [0.5, 0.6) is 5.75 Å². The number of anilines is 1. The standard InChI is InChI=1S/C14H15BrN2O/c1-17(13-7-12(15)8-16-9-13)10-11-4-3-5-14(6-11)18-2/h3-9H,10H2,1-2H3. The SMILES string of the molecule is COc1cccc(CN(C)c2cncc(Br)c2)c1. The first-order valence-corrected chi connectivity index (χ1v) is 6.43. The molecule has 0 radical (unpaired) electrons. The second-order valence-electron chi connectivity index (χ2n) is 4.07. The van der Waals surface area contributed by atoms with E-state index in [-0.39, 0.29) is 0 Å². The molecule has 0 N–H and O–H groups in total. The number of rotatable bonds is 4. The van der Waals surface area contributed by atoms with Gasteiger partial charge in [-0.05, 0) is 39.7 Å².